The molecule has 1 heterocycles. The van der Waals surface area contributed by atoms with E-state index < -0.39 is 0 Å². The van der Waals surface area contributed by atoms with Crippen molar-refractivity contribution in [2.24, 2.45) is 17.6 Å². The minimum absolute atomic E-state index is 0.280. The van der Waals surface area contributed by atoms with Crippen LogP contribution in [0.15, 0.2) is 29.2 Å². The highest BCUT2D eigenvalue weighted by molar-refractivity contribution is 7.99. The number of fused-ring (bicyclic) bond motifs is 1. The minimum Gasteiger partial charge on any atom is -0.497 e. The summed E-state index contributed by atoms with van der Waals surface area (Å²) in [6.45, 7) is 1.79. The zero-order valence-electron chi connectivity index (χ0n) is 13.0. The fraction of sp³-hybridized carbons (Fsp3) is 0.588. The van der Waals surface area contributed by atoms with Crippen LogP contribution in [0.25, 0.3) is 0 Å². The first-order valence-corrected chi connectivity index (χ1v) is 8.96. The molecule has 1 aliphatic heterocycles. The van der Waals surface area contributed by atoms with Crippen molar-refractivity contribution in [1.29, 1.82) is 0 Å². The highest BCUT2D eigenvalue weighted by atomic mass is 32.2. The Hall–Kier alpha value is -1.20. The molecule has 5 heteroatoms. The SMILES string of the molecule is COc1ccc(SCCC(=O)N2CC3CCC(N)C3C2)cc1. The van der Waals surface area contributed by atoms with E-state index in [2.05, 4.69) is 0 Å². The zero-order valence-corrected chi connectivity index (χ0v) is 13.8. The van der Waals surface area contributed by atoms with Crippen molar-refractivity contribution in [3.63, 3.8) is 0 Å². The van der Waals surface area contributed by atoms with E-state index in [9.17, 15) is 4.79 Å². The van der Waals surface area contributed by atoms with E-state index >= 15 is 0 Å². The Bertz CT molecular complexity index is 520. The number of rotatable bonds is 5. The summed E-state index contributed by atoms with van der Waals surface area (Å²) in [7, 11) is 1.66. The summed E-state index contributed by atoms with van der Waals surface area (Å²) in [6.07, 6.45) is 2.92. The second-order valence-corrected chi connectivity index (χ2v) is 7.41. The maximum atomic E-state index is 12.3. The van der Waals surface area contributed by atoms with E-state index in [0.29, 0.717) is 24.3 Å². The summed E-state index contributed by atoms with van der Waals surface area (Å²) in [5.74, 6) is 3.15. The van der Waals surface area contributed by atoms with Crippen LogP contribution in [0, 0.1) is 11.8 Å². The first kappa shape index (κ1) is 15.7. The highest BCUT2D eigenvalue weighted by Crippen LogP contribution is 2.37. The molecule has 1 saturated carbocycles. The average molecular weight is 320 g/mol. The summed E-state index contributed by atoms with van der Waals surface area (Å²) >= 11 is 1.72. The quantitative estimate of drug-likeness (QED) is 0.846. The predicted octanol–water partition coefficient (Wildman–Crippen LogP) is 2.37. The Balaban J connectivity index is 1.43. The van der Waals surface area contributed by atoms with E-state index in [1.54, 1.807) is 18.9 Å². The number of nitrogens with two attached hydrogens (primary N) is 1. The molecule has 2 aliphatic rings. The minimum atomic E-state index is 0.280. The number of carbonyl (C=O) groups excluding carboxylic acids is 1. The van der Waals surface area contributed by atoms with Crippen LogP contribution in [-0.4, -0.2) is 42.8 Å². The van der Waals surface area contributed by atoms with Gasteiger partial charge in [0.1, 0.15) is 5.75 Å². The summed E-state index contributed by atoms with van der Waals surface area (Å²) in [6, 6.07) is 8.28. The molecule has 1 aromatic rings. The molecule has 0 spiro atoms. The van der Waals surface area contributed by atoms with Gasteiger partial charge in [0.15, 0.2) is 0 Å². The van der Waals surface area contributed by atoms with Crippen molar-refractivity contribution in [2.75, 3.05) is 26.0 Å². The van der Waals surface area contributed by atoms with E-state index in [1.165, 1.54) is 11.3 Å². The first-order valence-electron chi connectivity index (χ1n) is 7.97. The van der Waals surface area contributed by atoms with Crippen LogP contribution >= 0.6 is 11.8 Å². The van der Waals surface area contributed by atoms with Gasteiger partial charge in [0.25, 0.3) is 0 Å². The normalized spacial score (nSPS) is 27.0. The zero-order chi connectivity index (χ0) is 15.5. The van der Waals surface area contributed by atoms with Crippen LogP contribution in [-0.2, 0) is 4.79 Å². The smallest absolute Gasteiger partial charge is 0.223 e. The van der Waals surface area contributed by atoms with Crippen LogP contribution in [0.5, 0.6) is 5.75 Å². The maximum Gasteiger partial charge on any atom is 0.223 e. The fourth-order valence-electron chi connectivity index (χ4n) is 3.60. The van der Waals surface area contributed by atoms with Crippen LogP contribution in [0.2, 0.25) is 0 Å². The standard InChI is InChI=1S/C17H24N2O2S/c1-21-13-3-5-14(6-4-13)22-9-8-17(20)19-10-12-2-7-16(18)15(12)11-19/h3-6,12,15-16H,2,7-11,18H2,1H3. The number of nitrogens with zero attached hydrogens (tertiary/aromatic N) is 1. The van der Waals surface area contributed by atoms with Gasteiger partial charge in [-0.2, -0.15) is 0 Å². The van der Waals surface area contributed by atoms with E-state index in [-0.39, 0.29) is 5.91 Å². The molecular formula is C17H24N2O2S. The molecule has 1 saturated heterocycles. The molecule has 1 aliphatic carbocycles. The number of hydrogen-bond acceptors (Lipinski definition) is 4. The Morgan fingerprint density at radius 2 is 2.09 bits per heavy atom. The third-order valence-electron chi connectivity index (χ3n) is 4.91. The molecule has 3 unspecified atom stereocenters. The largest absolute Gasteiger partial charge is 0.497 e. The fourth-order valence-corrected chi connectivity index (χ4v) is 4.44. The average Bonchev–Trinajstić information content (AvgIpc) is 3.10. The molecular weight excluding hydrogens is 296 g/mol. The molecule has 2 N–H and O–H groups in total. The Morgan fingerprint density at radius 3 is 2.77 bits per heavy atom. The number of methoxy groups -OCH3 is 1. The monoisotopic (exact) mass is 320 g/mol. The Kier molecular flexibility index (Phi) is 4.93. The van der Waals surface area contributed by atoms with Crippen molar-refractivity contribution >= 4 is 17.7 Å². The van der Waals surface area contributed by atoms with Gasteiger partial charge in [-0.3, -0.25) is 4.79 Å². The van der Waals surface area contributed by atoms with Gasteiger partial charge in [-0.05, 0) is 48.9 Å². The summed E-state index contributed by atoms with van der Waals surface area (Å²) < 4.78 is 5.14. The van der Waals surface area contributed by atoms with Gasteiger partial charge in [-0.15, -0.1) is 11.8 Å². The number of thioether (sulfide) groups is 1. The molecule has 3 rings (SSSR count). The van der Waals surface area contributed by atoms with Crippen molar-refractivity contribution in [3.8, 4) is 5.75 Å². The van der Waals surface area contributed by atoms with Crippen LogP contribution < -0.4 is 10.5 Å². The second kappa shape index (κ2) is 6.92. The maximum absolute atomic E-state index is 12.3. The molecule has 1 amide bonds. The lowest BCUT2D eigenvalue weighted by atomic mass is 9.98. The van der Waals surface area contributed by atoms with Crippen molar-refractivity contribution < 1.29 is 9.53 Å². The van der Waals surface area contributed by atoms with Gasteiger partial charge in [-0.1, -0.05) is 0 Å². The first-order chi connectivity index (χ1) is 10.7. The lowest BCUT2D eigenvalue weighted by Crippen LogP contribution is -2.33. The summed E-state index contributed by atoms with van der Waals surface area (Å²) in [5.41, 5.74) is 6.13. The van der Waals surface area contributed by atoms with Crippen LogP contribution in [0.3, 0.4) is 0 Å². The summed E-state index contributed by atoms with van der Waals surface area (Å²) in [4.78, 5) is 15.5. The molecule has 0 radical (unpaired) electrons. The second-order valence-electron chi connectivity index (χ2n) is 6.24. The van der Waals surface area contributed by atoms with Gasteiger partial charge in [0.05, 0.1) is 7.11 Å². The molecule has 3 atom stereocenters. The lowest BCUT2D eigenvalue weighted by molar-refractivity contribution is -0.130. The topological polar surface area (TPSA) is 55.6 Å². The van der Waals surface area contributed by atoms with Crippen molar-refractivity contribution in [1.82, 2.24) is 4.90 Å². The summed E-state index contributed by atoms with van der Waals surface area (Å²) in [5, 5.41) is 0. The third-order valence-corrected chi connectivity index (χ3v) is 5.92. The lowest BCUT2D eigenvalue weighted by Gasteiger charge is -2.18. The van der Waals surface area contributed by atoms with Crippen LogP contribution in [0.1, 0.15) is 19.3 Å². The number of benzene rings is 1. The van der Waals surface area contributed by atoms with E-state index in [1.807, 2.05) is 29.2 Å². The van der Waals surface area contributed by atoms with Gasteiger partial charge in [-0.25, -0.2) is 0 Å². The Morgan fingerprint density at radius 1 is 1.32 bits per heavy atom. The number of carbonyl (C=O) groups is 1. The molecule has 0 aromatic heterocycles. The van der Waals surface area contributed by atoms with Gasteiger partial charge >= 0.3 is 0 Å². The number of likely N-dealkylation sites (tertiary alicyclic amines) is 1. The predicted molar refractivity (Wildman–Crippen MR) is 89.1 cm³/mol. The highest BCUT2D eigenvalue weighted by Gasteiger charge is 2.42. The van der Waals surface area contributed by atoms with E-state index in [0.717, 1.165) is 31.0 Å². The number of amides is 1. The third kappa shape index (κ3) is 3.41. The van der Waals surface area contributed by atoms with E-state index in [4.69, 9.17) is 10.5 Å². The van der Waals surface area contributed by atoms with Crippen LogP contribution in [0.4, 0.5) is 0 Å². The molecule has 22 heavy (non-hydrogen) atoms. The molecule has 120 valence electrons. The van der Waals surface area contributed by atoms with Gasteiger partial charge in [0, 0.05) is 36.2 Å². The van der Waals surface area contributed by atoms with Crippen molar-refractivity contribution in [2.45, 2.75) is 30.2 Å². The molecule has 4 nitrogen and oxygen atoms in total. The van der Waals surface area contributed by atoms with Gasteiger partial charge < -0.3 is 15.4 Å². The molecule has 2 fully saturated rings. The number of ether oxygens (including phenoxy) is 1. The Labute approximate surface area is 136 Å². The van der Waals surface area contributed by atoms with Crippen molar-refractivity contribution in [3.05, 3.63) is 24.3 Å². The molecule has 0 bridgehead atoms. The van der Waals surface area contributed by atoms with Gasteiger partial charge in [0.2, 0.25) is 5.91 Å². The number of hydrogen-bond donors (Lipinski definition) is 1. The molecule has 1 aromatic carbocycles.